The van der Waals surface area contributed by atoms with Crippen LogP contribution in [0.3, 0.4) is 0 Å². The molecule has 0 saturated carbocycles. The van der Waals surface area contributed by atoms with Gasteiger partial charge in [-0.3, -0.25) is 4.90 Å². The molecule has 3 rings (SSSR count). The Morgan fingerprint density at radius 1 is 0.958 bits per heavy atom. The lowest BCUT2D eigenvalue weighted by atomic mass is 10.1. The molecule has 0 amide bonds. The molecule has 1 saturated heterocycles. The predicted octanol–water partition coefficient (Wildman–Crippen LogP) is 3.84. The second kappa shape index (κ2) is 8.86. The highest BCUT2D eigenvalue weighted by Gasteiger charge is 2.10. The molecule has 0 unspecified atom stereocenters. The van der Waals surface area contributed by atoms with Crippen molar-refractivity contribution >= 4 is 0 Å². The van der Waals surface area contributed by atoms with E-state index < -0.39 is 0 Å². The van der Waals surface area contributed by atoms with Gasteiger partial charge in [0.2, 0.25) is 0 Å². The van der Waals surface area contributed by atoms with Crippen LogP contribution in [0.25, 0.3) is 0 Å². The van der Waals surface area contributed by atoms with Gasteiger partial charge >= 0.3 is 0 Å². The minimum absolute atomic E-state index is 0.632. The number of morpholine rings is 1. The molecule has 1 heterocycles. The van der Waals surface area contributed by atoms with E-state index in [2.05, 4.69) is 60.4 Å². The Morgan fingerprint density at radius 2 is 1.67 bits per heavy atom. The van der Waals surface area contributed by atoms with Crippen LogP contribution in [-0.4, -0.2) is 37.7 Å². The van der Waals surface area contributed by atoms with Crippen molar-refractivity contribution in [1.82, 2.24) is 4.90 Å². The molecular formula is C21H27NO2. The van der Waals surface area contributed by atoms with E-state index in [1.165, 1.54) is 16.7 Å². The molecule has 0 bridgehead atoms. The fraction of sp³-hybridized carbons (Fsp3) is 0.429. The van der Waals surface area contributed by atoms with E-state index in [4.69, 9.17) is 9.47 Å². The number of hydrogen-bond donors (Lipinski definition) is 0. The van der Waals surface area contributed by atoms with Crippen molar-refractivity contribution in [3.05, 3.63) is 65.2 Å². The topological polar surface area (TPSA) is 21.7 Å². The first-order valence-electron chi connectivity index (χ1n) is 8.88. The maximum Gasteiger partial charge on any atom is 0.122 e. The fourth-order valence-corrected chi connectivity index (χ4v) is 3.10. The zero-order chi connectivity index (χ0) is 16.6. The first kappa shape index (κ1) is 17.0. The van der Waals surface area contributed by atoms with Gasteiger partial charge in [0, 0.05) is 13.1 Å². The average Bonchev–Trinajstić information content (AvgIpc) is 2.63. The van der Waals surface area contributed by atoms with Gasteiger partial charge in [-0.15, -0.1) is 0 Å². The van der Waals surface area contributed by atoms with Gasteiger partial charge in [0.05, 0.1) is 13.2 Å². The van der Waals surface area contributed by atoms with Gasteiger partial charge in [0.25, 0.3) is 0 Å². The summed E-state index contributed by atoms with van der Waals surface area (Å²) in [4.78, 5) is 2.49. The lowest BCUT2D eigenvalue weighted by Gasteiger charge is -2.26. The summed E-state index contributed by atoms with van der Waals surface area (Å²) in [5.41, 5.74) is 3.84. The van der Waals surface area contributed by atoms with E-state index in [-0.39, 0.29) is 0 Å². The molecule has 0 radical (unpaired) electrons. The molecule has 1 fully saturated rings. The summed E-state index contributed by atoms with van der Waals surface area (Å²) in [6, 6.07) is 16.8. The highest BCUT2D eigenvalue weighted by atomic mass is 16.5. The van der Waals surface area contributed by atoms with Crippen molar-refractivity contribution in [2.24, 2.45) is 0 Å². The first-order chi connectivity index (χ1) is 11.8. The fourth-order valence-electron chi connectivity index (χ4n) is 3.10. The second-order valence-electron chi connectivity index (χ2n) is 6.38. The van der Waals surface area contributed by atoms with Crippen LogP contribution >= 0.6 is 0 Å². The van der Waals surface area contributed by atoms with Crippen molar-refractivity contribution in [2.75, 3.05) is 32.8 Å². The third-order valence-corrected chi connectivity index (χ3v) is 4.64. The Hall–Kier alpha value is -1.84. The summed E-state index contributed by atoms with van der Waals surface area (Å²) in [6.45, 7) is 7.76. The molecule has 0 N–H and O–H groups in total. The van der Waals surface area contributed by atoms with Crippen molar-refractivity contribution in [3.63, 3.8) is 0 Å². The molecular weight excluding hydrogens is 298 g/mol. The van der Waals surface area contributed by atoms with E-state index in [0.717, 1.165) is 51.4 Å². The van der Waals surface area contributed by atoms with Crippen LogP contribution < -0.4 is 4.74 Å². The Labute approximate surface area is 145 Å². The molecule has 128 valence electrons. The average molecular weight is 325 g/mol. The lowest BCUT2D eigenvalue weighted by Crippen LogP contribution is -2.36. The maximum absolute atomic E-state index is 6.11. The molecule has 1 aliphatic heterocycles. The zero-order valence-electron chi connectivity index (χ0n) is 14.5. The normalized spacial score (nSPS) is 15.4. The van der Waals surface area contributed by atoms with E-state index in [1.807, 2.05) is 0 Å². The molecule has 24 heavy (non-hydrogen) atoms. The molecule has 2 aromatic rings. The van der Waals surface area contributed by atoms with Gasteiger partial charge in [0.1, 0.15) is 12.4 Å². The van der Waals surface area contributed by atoms with Gasteiger partial charge in [-0.25, -0.2) is 0 Å². The van der Waals surface area contributed by atoms with Gasteiger partial charge in [-0.1, -0.05) is 42.5 Å². The Bertz CT molecular complexity index is 635. The van der Waals surface area contributed by atoms with E-state index >= 15 is 0 Å². The molecule has 0 aliphatic carbocycles. The van der Waals surface area contributed by atoms with E-state index in [0.29, 0.717) is 6.61 Å². The van der Waals surface area contributed by atoms with Crippen molar-refractivity contribution in [1.29, 1.82) is 0 Å². The molecule has 1 aliphatic rings. The molecule has 2 aromatic carbocycles. The van der Waals surface area contributed by atoms with Crippen molar-refractivity contribution < 1.29 is 9.47 Å². The van der Waals surface area contributed by atoms with Gasteiger partial charge in [-0.05, 0) is 49.1 Å². The SMILES string of the molecule is Cc1ccccc1COc1ccccc1CCCN1CCOCC1. The summed E-state index contributed by atoms with van der Waals surface area (Å²) in [5.74, 6) is 1.02. The first-order valence-corrected chi connectivity index (χ1v) is 8.88. The Balaban J connectivity index is 1.53. The third-order valence-electron chi connectivity index (χ3n) is 4.64. The second-order valence-corrected chi connectivity index (χ2v) is 6.38. The van der Waals surface area contributed by atoms with Gasteiger partial charge in [0.15, 0.2) is 0 Å². The summed E-state index contributed by atoms with van der Waals surface area (Å²) in [7, 11) is 0. The van der Waals surface area contributed by atoms with Gasteiger partial charge in [-0.2, -0.15) is 0 Å². The summed E-state index contributed by atoms with van der Waals surface area (Å²) in [5, 5.41) is 0. The van der Waals surface area contributed by atoms with Crippen LogP contribution in [0.4, 0.5) is 0 Å². The predicted molar refractivity (Wildman–Crippen MR) is 97.5 cm³/mol. The number of aryl methyl sites for hydroxylation is 2. The maximum atomic E-state index is 6.11. The van der Waals surface area contributed by atoms with Crippen molar-refractivity contribution in [3.8, 4) is 5.75 Å². The molecule has 0 atom stereocenters. The molecule has 3 heteroatoms. The molecule has 0 aromatic heterocycles. The smallest absolute Gasteiger partial charge is 0.122 e. The highest BCUT2D eigenvalue weighted by Crippen LogP contribution is 2.21. The molecule has 3 nitrogen and oxygen atoms in total. The lowest BCUT2D eigenvalue weighted by molar-refractivity contribution is 0.0374. The summed E-state index contributed by atoms with van der Waals surface area (Å²) >= 11 is 0. The van der Waals surface area contributed by atoms with Crippen LogP contribution in [0.2, 0.25) is 0 Å². The number of benzene rings is 2. The Kier molecular flexibility index (Phi) is 6.27. The number of hydrogen-bond acceptors (Lipinski definition) is 3. The number of nitrogens with zero attached hydrogens (tertiary/aromatic N) is 1. The minimum atomic E-state index is 0.632. The monoisotopic (exact) mass is 325 g/mol. The minimum Gasteiger partial charge on any atom is -0.489 e. The van der Waals surface area contributed by atoms with Crippen molar-refractivity contribution in [2.45, 2.75) is 26.4 Å². The van der Waals surface area contributed by atoms with Crippen LogP contribution in [-0.2, 0) is 17.8 Å². The third kappa shape index (κ3) is 4.83. The zero-order valence-corrected chi connectivity index (χ0v) is 14.5. The molecule has 0 spiro atoms. The number of rotatable bonds is 7. The van der Waals surface area contributed by atoms with Crippen LogP contribution in [0.5, 0.6) is 5.75 Å². The van der Waals surface area contributed by atoms with Crippen LogP contribution in [0, 0.1) is 6.92 Å². The van der Waals surface area contributed by atoms with E-state index in [9.17, 15) is 0 Å². The summed E-state index contributed by atoms with van der Waals surface area (Å²) in [6.07, 6.45) is 2.21. The van der Waals surface area contributed by atoms with Gasteiger partial charge < -0.3 is 9.47 Å². The quantitative estimate of drug-likeness (QED) is 0.772. The summed E-state index contributed by atoms with van der Waals surface area (Å²) < 4.78 is 11.5. The number of ether oxygens (including phenoxy) is 2. The number of para-hydroxylation sites is 1. The largest absolute Gasteiger partial charge is 0.489 e. The standard InChI is InChI=1S/C21H27NO2/c1-18-7-2-3-9-20(18)17-24-21-11-5-4-8-19(21)10-6-12-22-13-15-23-16-14-22/h2-5,7-9,11H,6,10,12-17H2,1H3. The highest BCUT2D eigenvalue weighted by molar-refractivity contribution is 5.34. The Morgan fingerprint density at radius 3 is 2.46 bits per heavy atom. The van der Waals surface area contributed by atoms with Crippen LogP contribution in [0.15, 0.2) is 48.5 Å². The van der Waals surface area contributed by atoms with Crippen LogP contribution in [0.1, 0.15) is 23.1 Å². The van der Waals surface area contributed by atoms with E-state index in [1.54, 1.807) is 0 Å².